The summed E-state index contributed by atoms with van der Waals surface area (Å²) in [6.07, 6.45) is 2.89. The van der Waals surface area contributed by atoms with Crippen molar-refractivity contribution in [3.05, 3.63) is 35.9 Å². The minimum Gasteiger partial charge on any atom is -0.333 e. The Hall–Kier alpha value is -1.64. The summed E-state index contributed by atoms with van der Waals surface area (Å²) in [6, 6.07) is 10.2. The fraction of sp³-hybridized carbons (Fsp3) is 0.500. The second-order valence-electron chi connectivity index (χ2n) is 6.16. The van der Waals surface area contributed by atoms with Gasteiger partial charge in [-0.25, -0.2) is 9.98 Å². The summed E-state index contributed by atoms with van der Waals surface area (Å²) in [6.45, 7) is 10.9. The van der Waals surface area contributed by atoms with Gasteiger partial charge in [-0.3, -0.25) is 0 Å². The lowest BCUT2D eigenvalue weighted by atomic mass is 9.98. The van der Waals surface area contributed by atoms with E-state index in [1.807, 2.05) is 24.5 Å². The summed E-state index contributed by atoms with van der Waals surface area (Å²) < 4.78 is 0. The van der Waals surface area contributed by atoms with Gasteiger partial charge in [-0.15, -0.1) is 0 Å². The molecule has 0 amide bonds. The Morgan fingerprint density at radius 1 is 1.16 bits per heavy atom. The van der Waals surface area contributed by atoms with E-state index in [0.717, 1.165) is 17.8 Å². The molecule has 0 aromatic heterocycles. The van der Waals surface area contributed by atoms with Crippen LogP contribution in [0.1, 0.15) is 46.6 Å². The molecule has 1 atom stereocenters. The van der Waals surface area contributed by atoms with Crippen LogP contribution in [0.5, 0.6) is 0 Å². The first kappa shape index (κ1) is 13.8. The van der Waals surface area contributed by atoms with Crippen molar-refractivity contribution in [3.8, 4) is 0 Å². The number of amidine groups is 1. The average molecular weight is 257 g/mol. The van der Waals surface area contributed by atoms with Crippen LogP contribution in [0.2, 0.25) is 0 Å². The molecular formula is C16H23N3. The van der Waals surface area contributed by atoms with Gasteiger partial charge in [-0.05, 0) is 34.1 Å². The minimum atomic E-state index is -0.231. The van der Waals surface area contributed by atoms with Gasteiger partial charge in [0.25, 0.3) is 0 Å². The van der Waals surface area contributed by atoms with Crippen LogP contribution < -0.4 is 0 Å². The summed E-state index contributed by atoms with van der Waals surface area (Å²) in [5.41, 5.74) is 0.859. The number of hydrogen-bond acceptors (Lipinski definition) is 3. The van der Waals surface area contributed by atoms with E-state index >= 15 is 0 Å². The highest BCUT2D eigenvalue weighted by atomic mass is 15.4. The number of nitrogens with zero attached hydrogens (tertiary/aromatic N) is 3. The average Bonchev–Trinajstić information content (AvgIpc) is 2.38. The van der Waals surface area contributed by atoms with Gasteiger partial charge in [-0.2, -0.15) is 0 Å². The third-order valence-electron chi connectivity index (χ3n) is 3.59. The largest absolute Gasteiger partial charge is 0.333 e. The maximum absolute atomic E-state index is 4.90. The number of rotatable bonds is 2. The lowest BCUT2D eigenvalue weighted by Gasteiger charge is -2.47. The predicted molar refractivity (Wildman–Crippen MR) is 81.8 cm³/mol. The summed E-state index contributed by atoms with van der Waals surface area (Å²) in [5.74, 6) is 0.824. The van der Waals surface area contributed by atoms with Gasteiger partial charge in [-0.1, -0.05) is 37.3 Å². The fourth-order valence-corrected chi connectivity index (χ4v) is 2.42. The molecule has 0 saturated heterocycles. The third-order valence-corrected chi connectivity index (χ3v) is 3.59. The van der Waals surface area contributed by atoms with E-state index in [1.165, 1.54) is 0 Å². The van der Waals surface area contributed by atoms with Crippen molar-refractivity contribution in [2.75, 3.05) is 0 Å². The van der Waals surface area contributed by atoms with Crippen molar-refractivity contribution in [3.63, 3.8) is 0 Å². The minimum absolute atomic E-state index is 0.0139. The smallest absolute Gasteiger partial charge is 0.158 e. The SMILES string of the molecule is CCC1(C)N=C(c2ccccc2)N=CN1C(C)(C)C. The van der Waals surface area contributed by atoms with Crippen molar-refractivity contribution in [2.24, 2.45) is 9.98 Å². The lowest BCUT2D eigenvalue weighted by molar-refractivity contribution is 0.101. The number of benzene rings is 1. The van der Waals surface area contributed by atoms with Crippen LogP contribution >= 0.6 is 0 Å². The van der Waals surface area contributed by atoms with Crippen LogP contribution in [-0.4, -0.2) is 28.3 Å². The van der Waals surface area contributed by atoms with E-state index in [0.29, 0.717) is 0 Å². The highest BCUT2D eigenvalue weighted by molar-refractivity contribution is 6.04. The Bertz CT molecular complexity index is 496. The molecule has 0 saturated carbocycles. The second kappa shape index (κ2) is 4.80. The maximum atomic E-state index is 4.90. The van der Waals surface area contributed by atoms with Gasteiger partial charge < -0.3 is 4.90 Å². The highest BCUT2D eigenvalue weighted by Gasteiger charge is 2.37. The van der Waals surface area contributed by atoms with Gasteiger partial charge in [0.1, 0.15) is 5.66 Å². The summed E-state index contributed by atoms with van der Waals surface area (Å²) in [4.78, 5) is 11.7. The van der Waals surface area contributed by atoms with Gasteiger partial charge >= 0.3 is 0 Å². The fourth-order valence-electron chi connectivity index (χ4n) is 2.42. The zero-order chi connectivity index (χ0) is 14.1. The van der Waals surface area contributed by atoms with Crippen molar-refractivity contribution >= 4 is 12.2 Å². The molecule has 1 aliphatic heterocycles. The zero-order valence-electron chi connectivity index (χ0n) is 12.5. The van der Waals surface area contributed by atoms with Gasteiger partial charge in [0.05, 0.1) is 6.34 Å². The third kappa shape index (κ3) is 2.70. The van der Waals surface area contributed by atoms with Crippen molar-refractivity contribution < 1.29 is 0 Å². The van der Waals surface area contributed by atoms with E-state index in [9.17, 15) is 0 Å². The monoisotopic (exact) mass is 257 g/mol. The molecule has 19 heavy (non-hydrogen) atoms. The molecule has 1 aromatic carbocycles. The number of aliphatic imine (C=N–C) groups is 2. The molecule has 1 unspecified atom stereocenters. The molecule has 102 valence electrons. The predicted octanol–water partition coefficient (Wildman–Crippen LogP) is 3.70. The molecule has 3 nitrogen and oxygen atoms in total. The molecule has 0 spiro atoms. The second-order valence-corrected chi connectivity index (χ2v) is 6.16. The molecule has 0 fully saturated rings. The molecular weight excluding hydrogens is 234 g/mol. The van der Waals surface area contributed by atoms with Gasteiger partial charge in [0.15, 0.2) is 5.84 Å². The Kier molecular flexibility index (Phi) is 3.48. The van der Waals surface area contributed by atoms with Crippen LogP contribution in [0.15, 0.2) is 40.3 Å². The molecule has 0 N–H and O–H groups in total. The Morgan fingerprint density at radius 2 is 1.79 bits per heavy atom. The van der Waals surface area contributed by atoms with Crippen LogP contribution in [0.25, 0.3) is 0 Å². The first-order chi connectivity index (χ1) is 8.87. The molecule has 1 heterocycles. The lowest BCUT2D eigenvalue weighted by Crippen LogP contribution is -2.55. The van der Waals surface area contributed by atoms with E-state index in [2.05, 4.69) is 56.6 Å². The van der Waals surface area contributed by atoms with Crippen molar-refractivity contribution in [2.45, 2.75) is 52.2 Å². The topological polar surface area (TPSA) is 28.0 Å². The Balaban J connectivity index is 2.40. The van der Waals surface area contributed by atoms with Crippen LogP contribution in [0.3, 0.4) is 0 Å². The molecule has 2 rings (SSSR count). The van der Waals surface area contributed by atoms with Gasteiger partial charge in [0.2, 0.25) is 0 Å². The number of hydrogen-bond donors (Lipinski definition) is 0. The summed E-state index contributed by atoms with van der Waals surface area (Å²) >= 11 is 0. The normalized spacial score (nSPS) is 23.4. The van der Waals surface area contributed by atoms with Crippen LogP contribution in [0.4, 0.5) is 0 Å². The first-order valence-corrected chi connectivity index (χ1v) is 6.86. The molecule has 0 aliphatic carbocycles. The molecule has 0 bridgehead atoms. The Labute approximate surface area is 116 Å². The molecule has 0 radical (unpaired) electrons. The van der Waals surface area contributed by atoms with E-state index in [-0.39, 0.29) is 11.2 Å². The van der Waals surface area contributed by atoms with Crippen LogP contribution in [-0.2, 0) is 0 Å². The van der Waals surface area contributed by atoms with Gasteiger partial charge in [0, 0.05) is 11.1 Å². The van der Waals surface area contributed by atoms with Crippen molar-refractivity contribution in [1.29, 1.82) is 0 Å². The first-order valence-electron chi connectivity index (χ1n) is 6.86. The van der Waals surface area contributed by atoms with E-state index < -0.39 is 0 Å². The highest BCUT2D eigenvalue weighted by Crippen LogP contribution is 2.30. The standard InChI is InChI=1S/C16H23N3/c1-6-16(5)18-14(13-10-8-7-9-11-13)17-12-19(16)15(2,3)4/h7-12H,6H2,1-5H3. The maximum Gasteiger partial charge on any atom is 0.158 e. The summed E-state index contributed by atoms with van der Waals surface area (Å²) in [7, 11) is 0. The quantitative estimate of drug-likeness (QED) is 0.794. The van der Waals surface area contributed by atoms with E-state index in [1.54, 1.807) is 0 Å². The zero-order valence-corrected chi connectivity index (χ0v) is 12.5. The van der Waals surface area contributed by atoms with Crippen molar-refractivity contribution in [1.82, 2.24) is 4.90 Å². The molecule has 3 heteroatoms. The summed E-state index contributed by atoms with van der Waals surface area (Å²) in [5, 5.41) is 0. The molecule has 1 aliphatic rings. The van der Waals surface area contributed by atoms with Crippen LogP contribution in [0, 0.1) is 0 Å². The Morgan fingerprint density at radius 3 is 2.32 bits per heavy atom. The molecule has 1 aromatic rings. The van der Waals surface area contributed by atoms with E-state index in [4.69, 9.17) is 4.99 Å².